The van der Waals surface area contributed by atoms with Crippen LogP contribution in [0.15, 0.2) is 66.7 Å². The first-order valence-electron chi connectivity index (χ1n) is 8.84. The van der Waals surface area contributed by atoms with E-state index in [0.29, 0.717) is 33.9 Å². The SMILES string of the molecule is NC(=O)Cn1c(-c2ccc(Oc3ccc(O)cc3)cc2)nc2cc(C=O)ccc21. The molecule has 0 aliphatic rings. The van der Waals surface area contributed by atoms with Crippen molar-refractivity contribution < 1.29 is 19.4 Å². The van der Waals surface area contributed by atoms with Gasteiger partial charge in [0.05, 0.1) is 11.0 Å². The molecule has 0 fully saturated rings. The van der Waals surface area contributed by atoms with Crippen molar-refractivity contribution in [2.45, 2.75) is 6.54 Å². The summed E-state index contributed by atoms with van der Waals surface area (Å²) in [7, 11) is 0. The molecular formula is C22H17N3O4. The van der Waals surface area contributed by atoms with E-state index in [4.69, 9.17) is 10.5 Å². The second kappa shape index (κ2) is 7.47. The number of phenolic OH excluding ortho intramolecular Hbond substituents is 1. The van der Waals surface area contributed by atoms with Gasteiger partial charge in [0, 0.05) is 11.1 Å². The summed E-state index contributed by atoms with van der Waals surface area (Å²) in [5.74, 6) is 1.45. The van der Waals surface area contributed by atoms with E-state index in [9.17, 15) is 14.7 Å². The van der Waals surface area contributed by atoms with Gasteiger partial charge in [0.15, 0.2) is 0 Å². The highest BCUT2D eigenvalue weighted by atomic mass is 16.5. The molecule has 4 rings (SSSR count). The second-order valence-corrected chi connectivity index (χ2v) is 6.47. The van der Waals surface area contributed by atoms with E-state index in [1.807, 2.05) is 12.1 Å². The third-order valence-electron chi connectivity index (χ3n) is 4.41. The number of rotatable bonds is 6. The number of imidazole rings is 1. The molecule has 0 radical (unpaired) electrons. The molecule has 0 unspecified atom stereocenters. The molecule has 7 nitrogen and oxygen atoms in total. The number of hydrogen-bond acceptors (Lipinski definition) is 5. The second-order valence-electron chi connectivity index (χ2n) is 6.47. The molecule has 1 heterocycles. The highest BCUT2D eigenvalue weighted by molar-refractivity contribution is 5.88. The van der Waals surface area contributed by atoms with E-state index in [0.717, 1.165) is 11.8 Å². The number of hydrogen-bond donors (Lipinski definition) is 2. The Morgan fingerprint density at radius 1 is 1.03 bits per heavy atom. The van der Waals surface area contributed by atoms with Crippen molar-refractivity contribution in [1.29, 1.82) is 0 Å². The number of benzene rings is 3. The Bertz CT molecular complexity index is 1200. The predicted octanol–water partition coefficient (Wildman–Crippen LogP) is 3.50. The van der Waals surface area contributed by atoms with Gasteiger partial charge in [0.2, 0.25) is 5.91 Å². The zero-order valence-corrected chi connectivity index (χ0v) is 15.3. The summed E-state index contributed by atoms with van der Waals surface area (Å²) in [5, 5.41) is 9.35. The molecule has 0 aliphatic carbocycles. The highest BCUT2D eigenvalue weighted by Gasteiger charge is 2.15. The Morgan fingerprint density at radius 2 is 1.69 bits per heavy atom. The maximum absolute atomic E-state index is 11.6. The van der Waals surface area contributed by atoms with Gasteiger partial charge in [-0.2, -0.15) is 0 Å². The van der Waals surface area contributed by atoms with E-state index < -0.39 is 5.91 Å². The van der Waals surface area contributed by atoms with Crippen molar-refractivity contribution in [3.05, 3.63) is 72.3 Å². The van der Waals surface area contributed by atoms with Gasteiger partial charge in [-0.3, -0.25) is 9.59 Å². The minimum absolute atomic E-state index is 0.0297. The number of primary amides is 1. The van der Waals surface area contributed by atoms with Gasteiger partial charge in [-0.25, -0.2) is 4.98 Å². The van der Waals surface area contributed by atoms with Crippen LogP contribution < -0.4 is 10.5 Å². The fourth-order valence-corrected chi connectivity index (χ4v) is 3.08. The molecule has 3 N–H and O–H groups in total. The number of amides is 1. The number of nitrogens with zero attached hydrogens (tertiary/aromatic N) is 2. The molecule has 0 saturated carbocycles. The molecule has 0 aliphatic heterocycles. The molecule has 1 amide bonds. The van der Waals surface area contributed by atoms with Crippen molar-refractivity contribution in [3.63, 3.8) is 0 Å². The van der Waals surface area contributed by atoms with Crippen LogP contribution in [-0.4, -0.2) is 26.9 Å². The number of fused-ring (bicyclic) bond motifs is 1. The summed E-state index contributed by atoms with van der Waals surface area (Å²) in [4.78, 5) is 27.2. The summed E-state index contributed by atoms with van der Waals surface area (Å²) in [6, 6.07) is 18.7. The van der Waals surface area contributed by atoms with Crippen molar-refractivity contribution in [1.82, 2.24) is 9.55 Å². The predicted molar refractivity (Wildman–Crippen MR) is 108 cm³/mol. The van der Waals surface area contributed by atoms with Gasteiger partial charge in [-0.1, -0.05) is 0 Å². The number of phenols is 1. The summed E-state index contributed by atoms with van der Waals surface area (Å²) in [5.41, 5.74) is 8.02. The lowest BCUT2D eigenvalue weighted by molar-refractivity contribution is -0.118. The first-order valence-corrected chi connectivity index (χ1v) is 8.84. The summed E-state index contributed by atoms with van der Waals surface area (Å²) < 4.78 is 7.48. The van der Waals surface area contributed by atoms with Crippen LogP contribution in [0.5, 0.6) is 17.2 Å². The van der Waals surface area contributed by atoms with Crippen LogP contribution in [0.1, 0.15) is 10.4 Å². The molecule has 0 bridgehead atoms. The van der Waals surface area contributed by atoms with E-state index in [1.54, 1.807) is 59.2 Å². The average Bonchev–Trinajstić information content (AvgIpc) is 3.07. The third-order valence-corrected chi connectivity index (χ3v) is 4.41. The largest absolute Gasteiger partial charge is 0.508 e. The van der Waals surface area contributed by atoms with Gasteiger partial charge in [-0.05, 0) is 66.7 Å². The number of nitrogens with two attached hydrogens (primary N) is 1. The Hall–Kier alpha value is -4.13. The van der Waals surface area contributed by atoms with Crippen LogP contribution in [-0.2, 0) is 11.3 Å². The van der Waals surface area contributed by atoms with Crippen molar-refractivity contribution in [3.8, 4) is 28.6 Å². The minimum atomic E-state index is -0.489. The Morgan fingerprint density at radius 3 is 2.31 bits per heavy atom. The lowest BCUT2D eigenvalue weighted by Gasteiger charge is -2.09. The lowest BCUT2D eigenvalue weighted by Crippen LogP contribution is -2.19. The van der Waals surface area contributed by atoms with Gasteiger partial charge < -0.3 is 20.1 Å². The maximum atomic E-state index is 11.6. The van der Waals surface area contributed by atoms with Crippen LogP contribution in [0.3, 0.4) is 0 Å². The first-order chi connectivity index (χ1) is 14.0. The third kappa shape index (κ3) is 3.79. The first kappa shape index (κ1) is 18.2. The standard InChI is InChI=1S/C22H17N3O4/c23-21(28)12-25-20-10-1-14(13-26)11-19(20)24-22(25)15-2-6-17(7-3-15)29-18-8-4-16(27)5-9-18/h1-11,13,27H,12H2,(H2,23,28). The number of ether oxygens (including phenoxy) is 1. The number of aromatic nitrogens is 2. The summed E-state index contributed by atoms with van der Waals surface area (Å²) in [6.45, 7) is -0.0297. The summed E-state index contributed by atoms with van der Waals surface area (Å²) in [6.07, 6.45) is 0.752. The van der Waals surface area contributed by atoms with E-state index >= 15 is 0 Å². The van der Waals surface area contributed by atoms with E-state index in [1.165, 1.54) is 0 Å². The van der Waals surface area contributed by atoms with Crippen LogP contribution in [0.2, 0.25) is 0 Å². The monoisotopic (exact) mass is 387 g/mol. The number of aromatic hydroxyl groups is 1. The van der Waals surface area contributed by atoms with Gasteiger partial charge >= 0.3 is 0 Å². The van der Waals surface area contributed by atoms with Crippen molar-refractivity contribution in [2.75, 3.05) is 0 Å². The Balaban J connectivity index is 1.70. The summed E-state index contributed by atoms with van der Waals surface area (Å²) >= 11 is 0. The normalized spacial score (nSPS) is 10.8. The molecule has 0 atom stereocenters. The quantitative estimate of drug-likeness (QED) is 0.492. The number of carbonyl (C=O) groups excluding carboxylic acids is 2. The van der Waals surface area contributed by atoms with Crippen molar-refractivity contribution in [2.24, 2.45) is 5.73 Å². The average molecular weight is 387 g/mol. The Labute approximate surface area is 166 Å². The molecule has 0 saturated heterocycles. The smallest absolute Gasteiger partial charge is 0.237 e. The number of carbonyl (C=O) groups is 2. The molecular weight excluding hydrogens is 370 g/mol. The fourth-order valence-electron chi connectivity index (χ4n) is 3.08. The zero-order chi connectivity index (χ0) is 20.4. The molecule has 3 aromatic carbocycles. The zero-order valence-electron chi connectivity index (χ0n) is 15.3. The minimum Gasteiger partial charge on any atom is -0.508 e. The Kier molecular flexibility index (Phi) is 4.70. The van der Waals surface area contributed by atoms with Gasteiger partial charge in [0.1, 0.15) is 35.9 Å². The fraction of sp³-hybridized carbons (Fsp3) is 0.0455. The molecule has 0 spiro atoms. The highest BCUT2D eigenvalue weighted by Crippen LogP contribution is 2.29. The topological polar surface area (TPSA) is 107 Å². The van der Waals surface area contributed by atoms with Crippen LogP contribution >= 0.6 is 0 Å². The van der Waals surface area contributed by atoms with E-state index in [2.05, 4.69) is 4.98 Å². The van der Waals surface area contributed by atoms with Crippen molar-refractivity contribution >= 4 is 23.2 Å². The van der Waals surface area contributed by atoms with E-state index in [-0.39, 0.29) is 12.3 Å². The number of aldehydes is 1. The lowest BCUT2D eigenvalue weighted by atomic mass is 10.2. The molecule has 4 aromatic rings. The maximum Gasteiger partial charge on any atom is 0.237 e. The molecule has 144 valence electrons. The van der Waals surface area contributed by atoms with Crippen LogP contribution in [0, 0.1) is 0 Å². The molecule has 1 aromatic heterocycles. The van der Waals surface area contributed by atoms with Gasteiger partial charge in [-0.15, -0.1) is 0 Å². The molecule has 29 heavy (non-hydrogen) atoms. The van der Waals surface area contributed by atoms with Crippen LogP contribution in [0.4, 0.5) is 0 Å². The van der Waals surface area contributed by atoms with Crippen LogP contribution in [0.25, 0.3) is 22.4 Å². The molecule has 7 heteroatoms. The van der Waals surface area contributed by atoms with Gasteiger partial charge in [0.25, 0.3) is 0 Å².